The van der Waals surface area contributed by atoms with Crippen LogP contribution >= 0.6 is 11.8 Å². The average Bonchev–Trinajstić information content (AvgIpc) is 2.96. The highest BCUT2D eigenvalue weighted by Gasteiger charge is 2.15. The summed E-state index contributed by atoms with van der Waals surface area (Å²) in [5, 5.41) is 6.80. The second-order valence-corrected chi connectivity index (χ2v) is 8.05. The topological polar surface area (TPSA) is 83.2 Å². The molecule has 0 bridgehead atoms. The first-order valence-electron chi connectivity index (χ1n) is 8.71. The highest BCUT2D eigenvalue weighted by atomic mass is 32.2. The Morgan fingerprint density at radius 3 is 2.69 bits per heavy atom. The number of carbonyl (C=O) groups is 2. The molecule has 1 heterocycles. The summed E-state index contributed by atoms with van der Waals surface area (Å²) in [4.78, 5) is 26.6. The number of amides is 2. The molecular weight excluding hydrogens is 350 g/mol. The Bertz CT molecular complexity index is 737. The van der Waals surface area contributed by atoms with Gasteiger partial charge in [-0.25, -0.2) is 4.79 Å². The summed E-state index contributed by atoms with van der Waals surface area (Å²) < 4.78 is 5.14. The number of alkyl carbamates (subject to hydrolysis) is 1. The maximum Gasteiger partial charge on any atom is 0.407 e. The minimum atomic E-state index is -0.498. The van der Waals surface area contributed by atoms with Crippen molar-refractivity contribution in [2.24, 2.45) is 0 Å². The number of thioether (sulfide) groups is 1. The molecule has 0 unspecified atom stereocenters. The van der Waals surface area contributed by atoms with Gasteiger partial charge in [0.25, 0.3) is 0 Å². The van der Waals surface area contributed by atoms with Crippen LogP contribution < -0.4 is 10.6 Å². The predicted molar refractivity (Wildman–Crippen MR) is 107 cm³/mol. The lowest BCUT2D eigenvalue weighted by atomic mass is 10.1. The molecule has 0 aliphatic carbocycles. The molecule has 0 radical (unpaired) electrons. The number of hydrogen-bond acceptors (Lipinski definition) is 4. The van der Waals surface area contributed by atoms with Crippen molar-refractivity contribution in [3.63, 3.8) is 0 Å². The van der Waals surface area contributed by atoms with E-state index in [9.17, 15) is 9.59 Å². The third-order valence-corrected chi connectivity index (χ3v) is 4.50. The fourth-order valence-electron chi connectivity index (χ4n) is 2.43. The molecule has 0 fully saturated rings. The average molecular weight is 378 g/mol. The highest BCUT2D eigenvalue weighted by Crippen LogP contribution is 2.17. The number of fused-ring (bicyclic) bond motifs is 1. The van der Waals surface area contributed by atoms with Crippen molar-refractivity contribution in [1.82, 2.24) is 15.6 Å². The van der Waals surface area contributed by atoms with E-state index >= 15 is 0 Å². The van der Waals surface area contributed by atoms with Crippen molar-refractivity contribution in [2.45, 2.75) is 32.8 Å². The lowest BCUT2D eigenvalue weighted by Gasteiger charge is -2.19. The van der Waals surface area contributed by atoms with E-state index in [0.717, 1.165) is 11.9 Å². The summed E-state index contributed by atoms with van der Waals surface area (Å²) in [6, 6.07) is 8.13. The smallest absolute Gasteiger partial charge is 0.407 e. The Morgan fingerprint density at radius 2 is 1.92 bits per heavy atom. The highest BCUT2D eigenvalue weighted by molar-refractivity contribution is 7.99. The third-order valence-electron chi connectivity index (χ3n) is 3.54. The van der Waals surface area contributed by atoms with E-state index in [1.54, 1.807) is 0 Å². The molecule has 0 spiro atoms. The number of carbonyl (C=O) groups excluding carboxylic acids is 2. The summed E-state index contributed by atoms with van der Waals surface area (Å²) in [7, 11) is 0. The zero-order chi connectivity index (χ0) is 19.0. The first kappa shape index (κ1) is 20.2. The van der Waals surface area contributed by atoms with Crippen molar-refractivity contribution < 1.29 is 14.3 Å². The van der Waals surface area contributed by atoms with Gasteiger partial charge in [-0.1, -0.05) is 18.2 Å². The van der Waals surface area contributed by atoms with Gasteiger partial charge in [0.1, 0.15) is 5.60 Å². The van der Waals surface area contributed by atoms with Gasteiger partial charge in [0.2, 0.25) is 5.91 Å². The summed E-state index contributed by atoms with van der Waals surface area (Å²) in [5.74, 6) is 1.05. The molecule has 142 valence electrons. The molecule has 3 N–H and O–H groups in total. The van der Waals surface area contributed by atoms with E-state index in [0.29, 0.717) is 24.6 Å². The standard InChI is InChI=1S/C19H27N3O3S/c1-19(2,3)25-18(24)21-10-11-26-13-17(23)20-9-8-14-12-22-16-7-5-4-6-15(14)16/h4-7,12,22H,8-11,13H2,1-3H3,(H,20,23)(H,21,24). The minimum absolute atomic E-state index is 0.00658. The van der Waals surface area contributed by atoms with Crippen molar-refractivity contribution in [3.05, 3.63) is 36.0 Å². The molecule has 26 heavy (non-hydrogen) atoms. The lowest BCUT2D eigenvalue weighted by Crippen LogP contribution is -2.34. The number of hydrogen-bond donors (Lipinski definition) is 3. The molecule has 0 aliphatic heterocycles. The first-order chi connectivity index (χ1) is 12.3. The number of ether oxygens (including phenoxy) is 1. The van der Waals surface area contributed by atoms with Gasteiger partial charge in [-0.05, 0) is 38.8 Å². The summed E-state index contributed by atoms with van der Waals surface area (Å²) >= 11 is 1.48. The number of aromatic amines is 1. The van der Waals surface area contributed by atoms with Crippen molar-refractivity contribution in [3.8, 4) is 0 Å². The Balaban J connectivity index is 1.56. The van der Waals surface area contributed by atoms with Gasteiger partial charge in [-0.15, -0.1) is 0 Å². The quantitative estimate of drug-likeness (QED) is 0.618. The molecule has 0 saturated heterocycles. The van der Waals surface area contributed by atoms with Crippen LogP contribution in [0, 0.1) is 0 Å². The van der Waals surface area contributed by atoms with Crippen LogP contribution in [0.15, 0.2) is 30.5 Å². The summed E-state index contributed by atoms with van der Waals surface area (Å²) in [5.41, 5.74) is 1.82. The number of benzene rings is 1. The van der Waals surface area contributed by atoms with Gasteiger partial charge >= 0.3 is 6.09 Å². The fourth-order valence-corrected chi connectivity index (χ4v) is 3.11. The van der Waals surface area contributed by atoms with Gasteiger partial charge in [0, 0.05) is 35.9 Å². The fraction of sp³-hybridized carbons (Fsp3) is 0.474. The van der Waals surface area contributed by atoms with E-state index in [1.807, 2.05) is 45.2 Å². The number of rotatable bonds is 8. The summed E-state index contributed by atoms with van der Waals surface area (Å²) in [6.45, 7) is 6.55. The second kappa shape index (κ2) is 9.52. The summed E-state index contributed by atoms with van der Waals surface area (Å²) in [6.07, 6.45) is 2.36. The maximum absolute atomic E-state index is 11.9. The van der Waals surface area contributed by atoms with Crippen LogP contribution in [0.1, 0.15) is 26.3 Å². The number of para-hydroxylation sites is 1. The molecule has 0 aliphatic rings. The van der Waals surface area contributed by atoms with Gasteiger partial charge in [-0.3, -0.25) is 4.79 Å². The van der Waals surface area contributed by atoms with E-state index in [-0.39, 0.29) is 5.91 Å². The molecule has 1 aromatic heterocycles. The molecule has 2 amide bonds. The van der Waals surface area contributed by atoms with E-state index in [2.05, 4.69) is 21.7 Å². The lowest BCUT2D eigenvalue weighted by molar-refractivity contribution is -0.118. The molecule has 2 rings (SSSR count). The van der Waals surface area contributed by atoms with Gasteiger partial charge in [-0.2, -0.15) is 11.8 Å². The van der Waals surface area contributed by atoms with E-state index < -0.39 is 11.7 Å². The van der Waals surface area contributed by atoms with Crippen LogP contribution in [0.4, 0.5) is 4.79 Å². The van der Waals surface area contributed by atoms with Gasteiger partial charge in [0.15, 0.2) is 0 Å². The number of nitrogens with one attached hydrogen (secondary N) is 3. The molecule has 6 nitrogen and oxygen atoms in total. The van der Waals surface area contributed by atoms with Crippen LogP contribution in [-0.4, -0.2) is 47.2 Å². The van der Waals surface area contributed by atoms with Crippen LogP contribution in [-0.2, 0) is 16.0 Å². The minimum Gasteiger partial charge on any atom is -0.444 e. The predicted octanol–water partition coefficient (Wildman–Crippen LogP) is 3.08. The van der Waals surface area contributed by atoms with Gasteiger partial charge in [0.05, 0.1) is 5.75 Å². The van der Waals surface area contributed by atoms with Crippen LogP contribution in [0.5, 0.6) is 0 Å². The second-order valence-electron chi connectivity index (χ2n) is 6.94. The largest absolute Gasteiger partial charge is 0.444 e. The SMILES string of the molecule is CC(C)(C)OC(=O)NCCSCC(=O)NCCc1c[nH]c2ccccc12. The Hall–Kier alpha value is -2.15. The molecule has 7 heteroatoms. The molecule has 0 saturated carbocycles. The Kier molecular flexibility index (Phi) is 7.38. The maximum atomic E-state index is 11.9. The van der Waals surface area contributed by atoms with Crippen LogP contribution in [0.25, 0.3) is 10.9 Å². The van der Waals surface area contributed by atoms with Crippen molar-refractivity contribution in [1.29, 1.82) is 0 Å². The van der Waals surface area contributed by atoms with E-state index in [4.69, 9.17) is 4.74 Å². The number of H-pyrrole nitrogens is 1. The third kappa shape index (κ3) is 7.00. The Labute approximate surface area is 158 Å². The van der Waals surface area contributed by atoms with Crippen molar-refractivity contribution in [2.75, 3.05) is 24.6 Å². The van der Waals surface area contributed by atoms with Crippen LogP contribution in [0.3, 0.4) is 0 Å². The first-order valence-corrected chi connectivity index (χ1v) is 9.87. The zero-order valence-corrected chi connectivity index (χ0v) is 16.4. The zero-order valence-electron chi connectivity index (χ0n) is 15.6. The monoisotopic (exact) mass is 377 g/mol. The van der Waals surface area contributed by atoms with E-state index in [1.165, 1.54) is 22.7 Å². The molecular formula is C19H27N3O3S. The molecule has 2 aromatic rings. The molecule has 0 atom stereocenters. The Morgan fingerprint density at radius 1 is 1.15 bits per heavy atom. The normalized spacial score (nSPS) is 11.3. The molecule has 1 aromatic carbocycles. The van der Waals surface area contributed by atoms with Crippen molar-refractivity contribution >= 4 is 34.7 Å². The van der Waals surface area contributed by atoms with Gasteiger partial charge < -0.3 is 20.4 Å². The van der Waals surface area contributed by atoms with Crippen LogP contribution in [0.2, 0.25) is 0 Å². The number of aromatic nitrogens is 1.